The summed E-state index contributed by atoms with van der Waals surface area (Å²) in [6, 6.07) is 10.7. The van der Waals surface area contributed by atoms with Crippen LogP contribution < -0.4 is 0 Å². The van der Waals surface area contributed by atoms with Crippen LogP contribution in [0.5, 0.6) is 0 Å². The molecule has 0 bridgehead atoms. The number of halogens is 2. The van der Waals surface area contributed by atoms with Crippen LogP contribution in [-0.4, -0.2) is 69.4 Å². The first-order valence-electron chi connectivity index (χ1n) is 8.84. The number of aliphatic hydroxyl groups is 4. The van der Waals surface area contributed by atoms with Crippen molar-refractivity contribution in [2.75, 3.05) is 19.7 Å². The fourth-order valence-electron chi connectivity index (χ4n) is 3.53. The number of aliphatic hydroxyl groups excluding tert-OH is 4. The van der Waals surface area contributed by atoms with Crippen LogP contribution in [-0.2, 0) is 6.42 Å². The van der Waals surface area contributed by atoms with E-state index in [0.29, 0.717) is 11.1 Å². The molecule has 27 heavy (non-hydrogen) atoms. The molecule has 0 aliphatic carbocycles. The van der Waals surface area contributed by atoms with Crippen molar-refractivity contribution in [3.05, 3.63) is 59.7 Å². The van der Waals surface area contributed by atoms with E-state index in [4.69, 9.17) is 0 Å². The maximum Gasteiger partial charge on any atom is 0.129 e. The maximum absolute atomic E-state index is 14.5. The fraction of sp³-hybridized carbons (Fsp3) is 0.400. The predicted octanol–water partition coefficient (Wildman–Crippen LogP) is 0.933. The van der Waals surface area contributed by atoms with Crippen molar-refractivity contribution >= 4 is 0 Å². The number of hydrogen-bond donors (Lipinski definition) is 4. The zero-order chi connectivity index (χ0) is 19.6. The summed E-state index contributed by atoms with van der Waals surface area (Å²) >= 11 is 0. The molecule has 3 rings (SSSR count). The number of benzene rings is 2. The third-order valence-corrected chi connectivity index (χ3v) is 5.11. The minimum absolute atomic E-state index is 0.00122. The molecule has 146 valence electrons. The SMILES string of the molecule is OC[C@@H]1[C@@H](O)[C@H](O)[C@@H](O)CN1CCc1c(F)cc(-c2ccccc2)cc1F. The van der Waals surface area contributed by atoms with Crippen molar-refractivity contribution in [2.24, 2.45) is 0 Å². The van der Waals surface area contributed by atoms with Gasteiger partial charge in [-0.15, -0.1) is 0 Å². The van der Waals surface area contributed by atoms with E-state index in [2.05, 4.69) is 0 Å². The molecule has 2 aromatic rings. The van der Waals surface area contributed by atoms with Gasteiger partial charge in [0.05, 0.1) is 18.8 Å². The summed E-state index contributed by atoms with van der Waals surface area (Å²) in [7, 11) is 0. The second kappa shape index (κ2) is 8.41. The summed E-state index contributed by atoms with van der Waals surface area (Å²) in [5, 5.41) is 39.0. The Labute approximate surface area is 156 Å². The van der Waals surface area contributed by atoms with Gasteiger partial charge in [0.1, 0.15) is 23.8 Å². The number of nitrogens with zero attached hydrogens (tertiary/aromatic N) is 1. The Morgan fingerprint density at radius 2 is 1.56 bits per heavy atom. The van der Waals surface area contributed by atoms with E-state index in [1.54, 1.807) is 24.3 Å². The van der Waals surface area contributed by atoms with Crippen LogP contribution in [0.3, 0.4) is 0 Å². The fourth-order valence-corrected chi connectivity index (χ4v) is 3.53. The molecule has 2 aromatic carbocycles. The van der Waals surface area contributed by atoms with Gasteiger partial charge in [-0.1, -0.05) is 30.3 Å². The van der Waals surface area contributed by atoms with Gasteiger partial charge in [-0.25, -0.2) is 8.78 Å². The average molecular weight is 379 g/mol. The Kier molecular flexibility index (Phi) is 6.18. The molecule has 4 atom stereocenters. The third-order valence-electron chi connectivity index (χ3n) is 5.11. The molecule has 0 saturated carbocycles. The molecule has 7 heteroatoms. The van der Waals surface area contributed by atoms with E-state index in [-0.39, 0.29) is 25.1 Å². The number of likely N-dealkylation sites (tertiary alicyclic amines) is 1. The van der Waals surface area contributed by atoms with E-state index in [1.165, 1.54) is 17.0 Å². The number of hydrogen-bond acceptors (Lipinski definition) is 5. The summed E-state index contributed by atoms with van der Waals surface area (Å²) in [6.45, 7) is -0.331. The van der Waals surface area contributed by atoms with Gasteiger partial charge in [0.2, 0.25) is 0 Å². The first-order chi connectivity index (χ1) is 12.9. The monoisotopic (exact) mass is 379 g/mol. The summed E-state index contributed by atoms with van der Waals surface area (Å²) in [5.41, 5.74) is 1.05. The van der Waals surface area contributed by atoms with Gasteiger partial charge in [-0.3, -0.25) is 4.90 Å². The standard InChI is InChI=1S/C20H23F2NO4/c21-15-8-13(12-4-2-1-3-5-12)9-16(22)14(15)6-7-23-10-18(25)20(27)19(26)17(23)11-24/h1-5,8-9,17-20,24-27H,6-7,10-11H2/t17-,18+,19-,20-/m1/s1. The van der Waals surface area contributed by atoms with E-state index in [1.807, 2.05) is 6.07 Å². The molecule has 0 unspecified atom stereocenters. The maximum atomic E-state index is 14.5. The first kappa shape index (κ1) is 19.9. The Morgan fingerprint density at radius 3 is 2.15 bits per heavy atom. The van der Waals surface area contributed by atoms with Gasteiger partial charge in [0, 0.05) is 18.7 Å². The van der Waals surface area contributed by atoms with Gasteiger partial charge in [0.25, 0.3) is 0 Å². The second-order valence-electron chi connectivity index (χ2n) is 6.83. The molecule has 1 fully saturated rings. The Balaban J connectivity index is 1.76. The van der Waals surface area contributed by atoms with E-state index >= 15 is 0 Å². The Hall–Kier alpha value is -1.90. The van der Waals surface area contributed by atoms with Gasteiger partial charge >= 0.3 is 0 Å². The summed E-state index contributed by atoms with van der Waals surface area (Å²) < 4.78 is 29.0. The molecule has 1 heterocycles. The molecule has 0 aromatic heterocycles. The second-order valence-corrected chi connectivity index (χ2v) is 6.83. The lowest BCUT2D eigenvalue weighted by Crippen LogP contribution is -2.62. The van der Waals surface area contributed by atoms with Crippen molar-refractivity contribution in [1.82, 2.24) is 4.90 Å². The van der Waals surface area contributed by atoms with Crippen molar-refractivity contribution in [3.8, 4) is 11.1 Å². The molecule has 0 spiro atoms. The normalized spacial score (nSPS) is 26.3. The molecule has 1 aliphatic heterocycles. The van der Waals surface area contributed by atoms with Crippen molar-refractivity contribution in [1.29, 1.82) is 0 Å². The first-order valence-corrected chi connectivity index (χ1v) is 8.84. The van der Waals surface area contributed by atoms with E-state index < -0.39 is 42.6 Å². The zero-order valence-corrected chi connectivity index (χ0v) is 14.7. The summed E-state index contributed by atoms with van der Waals surface area (Å²) in [4.78, 5) is 1.53. The number of β-amino-alcohol motifs (C(OH)–C–C–N with tert-alkyl or cyclic N) is 1. The van der Waals surface area contributed by atoms with Gasteiger partial charge in [-0.2, -0.15) is 0 Å². The summed E-state index contributed by atoms with van der Waals surface area (Å²) in [6.07, 6.45) is -3.90. The molecule has 4 N–H and O–H groups in total. The highest BCUT2D eigenvalue weighted by atomic mass is 19.1. The average Bonchev–Trinajstić information content (AvgIpc) is 2.66. The lowest BCUT2D eigenvalue weighted by atomic mass is 9.93. The van der Waals surface area contributed by atoms with Crippen LogP contribution in [0.25, 0.3) is 11.1 Å². The highest BCUT2D eigenvalue weighted by molar-refractivity contribution is 5.63. The van der Waals surface area contributed by atoms with E-state index in [9.17, 15) is 29.2 Å². The van der Waals surface area contributed by atoms with Crippen LogP contribution >= 0.6 is 0 Å². The van der Waals surface area contributed by atoms with Gasteiger partial charge < -0.3 is 20.4 Å². The topological polar surface area (TPSA) is 84.2 Å². The minimum atomic E-state index is -1.36. The zero-order valence-electron chi connectivity index (χ0n) is 14.7. The van der Waals surface area contributed by atoms with Crippen LogP contribution in [0.2, 0.25) is 0 Å². The molecule has 1 aliphatic rings. The lowest BCUT2D eigenvalue weighted by molar-refractivity contribution is -0.144. The lowest BCUT2D eigenvalue weighted by Gasteiger charge is -2.43. The third kappa shape index (κ3) is 4.17. The Morgan fingerprint density at radius 1 is 0.926 bits per heavy atom. The molecule has 0 amide bonds. The smallest absolute Gasteiger partial charge is 0.129 e. The minimum Gasteiger partial charge on any atom is -0.395 e. The molecular formula is C20H23F2NO4. The highest BCUT2D eigenvalue weighted by Gasteiger charge is 2.40. The Bertz CT molecular complexity index is 751. The number of rotatable bonds is 5. The largest absolute Gasteiger partial charge is 0.395 e. The molecular weight excluding hydrogens is 356 g/mol. The van der Waals surface area contributed by atoms with Crippen LogP contribution in [0.15, 0.2) is 42.5 Å². The predicted molar refractivity (Wildman–Crippen MR) is 96.0 cm³/mol. The van der Waals surface area contributed by atoms with Crippen LogP contribution in [0.1, 0.15) is 5.56 Å². The van der Waals surface area contributed by atoms with Gasteiger partial charge in [-0.05, 0) is 29.7 Å². The van der Waals surface area contributed by atoms with Crippen molar-refractivity contribution < 1.29 is 29.2 Å². The quantitative estimate of drug-likeness (QED) is 0.621. The van der Waals surface area contributed by atoms with Crippen molar-refractivity contribution in [3.63, 3.8) is 0 Å². The van der Waals surface area contributed by atoms with Crippen molar-refractivity contribution in [2.45, 2.75) is 30.8 Å². The number of piperidine rings is 1. The molecule has 0 radical (unpaired) electrons. The highest BCUT2D eigenvalue weighted by Crippen LogP contribution is 2.26. The van der Waals surface area contributed by atoms with Gasteiger partial charge in [0.15, 0.2) is 0 Å². The molecule has 5 nitrogen and oxygen atoms in total. The summed E-state index contributed by atoms with van der Waals surface area (Å²) in [5.74, 6) is -1.35. The van der Waals surface area contributed by atoms with Crippen LogP contribution in [0, 0.1) is 11.6 Å². The van der Waals surface area contributed by atoms with E-state index in [0.717, 1.165) is 0 Å². The molecule has 1 saturated heterocycles. The van der Waals surface area contributed by atoms with Crippen LogP contribution in [0.4, 0.5) is 8.78 Å².